The van der Waals surface area contributed by atoms with Gasteiger partial charge >= 0.3 is 5.97 Å². The minimum atomic E-state index is -1.19. The molecule has 3 aliphatic rings. The van der Waals surface area contributed by atoms with Gasteiger partial charge in [0.25, 0.3) is 0 Å². The van der Waals surface area contributed by atoms with E-state index in [4.69, 9.17) is 23.9 Å². The molecule has 1 spiro atoms. The molecule has 0 amide bonds. The van der Waals surface area contributed by atoms with Crippen LogP contribution >= 0.6 is 0 Å². The SMILES string of the molecule is Cc1nc(COCC2CCOCC2)c(-c2ccc(OCCc3ccc(F)cc3)cc2)c(N2CCC3(CCC3)CC2)c1C(OC(C)(C)C)C(=O)O. The fraction of sp³-hybridized carbons (Fsp3) is 0.561. The molecule has 1 aromatic heterocycles. The van der Waals surface area contributed by atoms with E-state index in [1.807, 2.05) is 52.0 Å². The molecule has 2 aromatic carbocycles. The number of pyridine rings is 1. The molecule has 9 heteroatoms. The number of carbonyl (C=O) groups is 1. The zero-order valence-corrected chi connectivity index (χ0v) is 30.1. The number of piperidine rings is 1. The average molecular weight is 689 g/mol. The van der Waals surface area contributed by atoms with Crippen molar-refractivity contribution in [1.29, 1.82) is 0 Å². The number of aliphatic carboxylic acids is 1. The Morgan fingerprint density at radius 3 is 2.32 bits per heavy atom. The maximum atomic E-state index is 13.4. The van der Waals surface area contributed by atoms with Crippen LogP contribution in [0.15, 0.2) is 48.5 Å². The summed E-state index contributed by atoms with van der Waals surface area (Å²) in [7, 11) is 0. The number of hydrogen-bond donors (Lipinski definition) is 1. The third kappa shape index (κ3) is 8.85. The Balaban J connectivity index is 1.37. The second-order valence-corrected chi connectivity index (χ2v) is 15.4. The van der Waals surface area contributed by atoms with Crippen molar-refractivity contribution in [1.82, 2.24) is 4.98 Å². The van der Waals surface area contributed by atoms with Gasteiger partial charge in [0, 0.05) is 49.5 Å². The largest absolute Gasteiger partial charge is 0.493 e. The summed E-state index contributed by atoms with van der Waals surface area (Å²) < 4.78 is 37.7. The van der Waals surface area contributed by atoms with Gasteiger partial charge < -0.3 is 29.0 Å². The van der Waals surface area contributed by atoms with Gasteiger partial charge in [0.1, 0.15) is 11.6 Å². The molecule has 2 saturated heterocycles. The molecule has 2 aliphatic heterocycles. The van der Waals surface area contributed by atoms with Crippen LogP contribution in [-0.2, 0) is 32.0 Å². The highest BCUT2D eigenvalue weighted by atomic mass is 19.1. The third-order valence-electron chi connectivity index (χ3n) is 10.6. The van der Waals surface area contributed by atoms with E-state index in [-0.39, 0.29) is 5.82 Å². The van der Waals surface area contributed by atoms with Crippen molar-refractivity contribution in [3.05, 3.63) is 76.9 Å². The summed E-state index contributed by atoms with van der Waals surface area (Å²) in [6.45, 7) is 12.2. The lowest BCUT2D eigenvalue weighted by Crippen LogP contribution is -2.44. The fourth-order valence-corrected chi connectivity index (χ4v) is 7.67. The summed E-state index contributed by atoms with van der Waals surface area (Å²) in [4.78, 5) is 20.5. The van der Waals surface area contributed by atoms with Crippen LogP contribution < -0.4 is 9.64 Å². The lowest BCUT2D eigenvalue weighted by molar-refractivity contribution is -0.160. The van der Waals surface area contributed by atoms with Crippen LogP contribution in [0.3, 0.4) is 0 Å². The van der Waals surface area contributed by atoms with Gasteiger partial charge in [-0.3, -0.25) is 4.98 Å². The van der Waals surface area contributed by atoms with E-state index in [0.717, 1.165) is 85.8 Å². The van der Waals surface area contributed by atoms with Crippen molar-refractivity contribution >= 4 is 11.7 Å². The van der Waals surface area contributed by atoms with Gasteiger partial charge in [0.05, 0.1) is 36.8 Å². The molecule has 50 heavy (non-hydrogen) atoms. The van der Waals surface area contributed by atoms with Crippen molar-refractivity contribution in [2.24, 2.45) is 11.3 Å². The van der Waals surface area contributed by atoms with Crippen molar-refractivity contribution in [2.75, 3.05) is 44.4 Å². The lowest BCUT2D eigenvalue weighted by Gasteiger charge is -2.49. The predicted octanol–water partition coefficient (Wildman–Crippen LogP) is 8.47. The van der Waals surface area contributed by atoms with E-state index in [0.29, 0.717) is 48.8 Å². The van der Waals surface area contributed by atoms with E-state index < -0.39 is 17.7 Å². The first kappa shape index (κ1) is 36.3. The molecule has 1 atom stereocenters. The van der Waals surface area contributed by atoms with Crippen molar-refractivity contribution < 1.29 is 33.2 Å². The summed E-state index contributed by atoms with van der Waals surface area (Å²) in [6.07, 6.45) is 7.43. The van der Waals surface area contributed by atoms with E-state index >= 15 is 0 Å². The molecule has 1 N–H and O–H groups in total. The number of anilines is 1. The summed E-state index contributed by atoms with van der Waals surface area (Å²) in [5, 5.41) is 10.7. The minimum Gasteiger partial charge on any atom is -0.493 e. The molecule has 270 valence electrons. The molecule has 0 radical (unpaired) electrons. The molecule has 1 aliphatic carbocycles. The van der Waals surface area contributed by atoms with E-state index in [2.05, 4.69) is 4.90 Å². The highest BCUT2D eigenvalue weighted by Gasteiger charge is 2.42. The monoisotopic (exact) mass is 688 g/mol. The Morgan fingerprint density at radius 2 is 1.72 bits per heavy atom. The molecule has 3 fully saturated rings. The van der Waals surface area contributed by atoms with Gasteiger partial charge in [0.2, 0.25) is 0 Å². The van der Waals surface area contributed by atoms with Gasteiger partial charge in [-0.2, -0.15) is 0 Å². The normalized spacial score (nSPS) is 18.5. The van der Waals surface area contributed by atoms with Crippen LogP contribution in [0.2, 0.25) is 0 Å². The van der Waals surface area contributed by atoms with Gasteiger partial charge in [-0.25, -0.2) is 9.18 Å². The predicted molar refractivity (Wildman–Crippen MR) is 192 cm³/mol. The third-order valence-corrected chi connectivity index (χ3v) is 10.6. The topological polar surface area (TPSA) is 90.4 Å². The average Bonchev–Trinajstić information content (AvgIpc) is 3.08. The smallest absolute Gasteiger partial charge is 0.337 e. The van der Waals surface area contributed by atoms with E-state index in [1.54, 1.807) is 12.1 Å². The second-order valence-electron chi connectivity index (χ2n) is 15.4. The van der Waals surface area contributed by atoms with Crippen LogP contribution in [0.5, 0.6) is 5.75 Å². The first-order chi connectivity index (χ1) is 24.0. The standard InChI is InChI=1S/C41H53FN2O6/c1-28-35(38(39(45)46)50-40(2,3)4)37(44-21-19-41(20-22-44)17-5-18-41)36(34(43-28)27-48-26-30-14-23-47-24-15-30)31-8-12-33(13-9-31)49-25-16-29-6-10-32(42)11-7-29/h6-13,30,38H,5,14-27H2,1-4H3,(H,45,46). The molecule has 1 saturated carbocycles. The Kier molecular flexibility index (Phi) is 11.5. The molecule has 8 nitrogen and oxygen atoms in total. The number of hydrogen-bond acceptors (Lipinski definition) is 7. The van der Waals surface area contributed by atoms with Gasteiger partial charge in [-0.1, -0.05) is 30.7 Å². The number of carboxylic acids is 1. The first-order valence-corrected chi connectivity index (χ1v) is 18.3. The number of ether oxygens (including phenoxy) is 4. The van der Waals surface area contributed by atoms with Crippen LogP contribution in [0.1, 0.15) is 94.3 Å². The maximum absolute atomic E-state index is 13.4. The van der Waals surface area contributed by atoms with Gasteiger partial charge in [-0.05, 0) is 113 Å². The summed E-state index contributed by atoms with van der Waals surface area (Å²) in [5.74, 6) is -0.119. The number of nitrogens with zero attached hydrogens (tertiary/aromatic N) is 2. The highest BCUT2D eigenvalue weighted by Crippen LogP contribution is 2.51. The number of rotatable bonds is 13. The summed E-state index contributed by atoms with van der Waals surface area (Å²) in [5.41, 5.74) is 5.48. The first-order valence-electron chi connectivity index (χ1n) is 18.3. The number of carboxylic acid groups (broad SMARTS) is 1. The highest BCUT2D eigenvalue weighted by molar-refractivity contribution is 5.88. The molecular weight excluding hydrogens is 635 g/mol. The minimum absolute atomic E-state index is 0.251. The number of benzene rings is 2. The Bertz CT molecular complexity index is 1580. The summed E-state index contributed by atoms with van der Waals surface area (Å²) >= 11 is 0. The molecule has 6 rings (SSSR count). The maximum Gasteiger partial charge on any atom is 0.337 e. The molecular formula is C41H53FN2O6. The number of halogens is 1. The van der Waals surface area contributed by atoms with Crippen LogP contribution in [0.4, 0.5) is 10.1 Å². The lowest BCUT2D eigenvalue weighted by atomic mass is 9.63. The van der Waals surface area contributed by atoms with Crippen LogP contribution in [0, 0.1) is 24.1 Å². The van der Waals surface area contributed by atoms with Crippen molar-refractivity contribution in [3.63, 3.8) is 0 Å². The number of aromatic nitrogens is 1. The second kappa shape index (κ2) is 15.8. The Hall–Kier alpha value is -3.53. The zero-order chi connectivity index (χ0) is 35.3. The van der Waals surface area contributed by atoms with Crippen molar-refractivity contribution in [3.8, 4) is 16.9 Å². The summed E-state index contributed by atoms with van der Waals surface area (Å²) in [6, 6.07) is 14.5. The van der Waals surface area contributed by atoms with Crippen LogP contribution in [0.25, 0.3) is 11.1 Å². The van der Waals surface area contributed by atoms with Gasteiger partial charge in [0.15, 0.2) is 6.10 Å². The molecule has 0 bridgehead atoms. The Morgan fingerprint density at radius 1 is 1.04 bits per heavy atom. The van der Waals surface area contributed by atoms with Crippen LogP contribution in [-0.4, -0.2) is 61.2 Å². The zero-order valence-electron chi connectivity index (χ0n) is 30.1. The molecule has 1 unspecified atom stereocenters. The fourth-order valence-electron chi connectivity index (χ4n) is 7.67. The van der Waals surface area contributed by atoms with E-state index in [9.17, 15) is 14.3 Å². The van der Waals surface area contributed by atoms with E-state index in [1.165, 1.54) is 31.4 Å². The quantitative estimate of drug-likeness (QED) is 0.191. The molecule has 3 aromatic rings. The molecule has 3 heterocycles. The Labute approximate surface area is 296 Å². The number of aryl methyl sites for hydroxylation is 1. The van der Waals surface area contributed by atoms with Crippen molar-refractivity contribution in [2.45, 2.75) is 97.4 Å². The van der Waals surface area contributed by atoms with Gasteiger partial charge in [-0.15, -0.1) is 0 Å².